The van der Waals surface area contributed by atoms with Crippen LogP contribution in [0.15, 0.2) is 61.9 Å². The largest absolute Gasteiger partial charge is 0.503 e. The van der Waals surface area contributed by atoms with Gasteiger partial charge in [-0.15, -0.1) is 0 Å². The van der Waals surface area contributed by atoms with Crippen LogP contribution >= 0.6 is 27.3 Å². The number of fused-ring (bicyclic) bond motifs is 1. The molecule has 0 bridgehead atoms. The molecule has 1 aromatic heterocycles. The van der Waals surface area contributed by atoms with Gasteiger partial charge in [0.2, 0.25) is 0 Å². The molecule has 3 aromatic rings. The first-order valence-electron chi connectivity index (χ1n) is 10.7. The summed E-state index contributed by atoms with van der Waals surface area (Å²) in [6, 6.07) is 9.81. The first-order chi connectivity index (χ1) is 16.8. The number of carbonyl (C=O) groups excluding carboxylic acids is 1. The molecule has 0 aliphatic carbocycles. The smallest absolute Gasteiger partial charge is 0.338 e. The molecule has 2 aromatic carbocycles. The lowest BCUT2D eigenvalue weighted by molar-refractivity contribution is -0.139. The summed E-state index contributed by atoms with van der Waals surface area (Å²) >= 11 is 4.52. The number of carbonyl (C=O) groups is 1. The zero-order valence-electron chi connectivity index (χ0n) is 19.5. The summed E-state index contributed by atoms with van der Waals surface area (Å²) in [5.41, 5.74) is 1.88. The Bertz CT molecular complexity index is 1500. The number of hydrogen-bond donors (Lipinski definition) is 1. The summed E-state index contributed by atoms with van der Waals surface area (Å²) in [6.07, 6.45) is 1.70. The van der Waals surface area contributed by atoms with Gasteiger partial charge >= 0.3 is 5.97 Å². The van der Waals surface area contributed by atoms with Gasteiger partial charge in [-0.05, 0) is 71.2 Å². The first kappa shape index (κ1) is 24.7. The number of hydrogen-bond acceptors (Lipinski definition) is 8. The molecule has 0 amide bonds. The molecule has 1 aliphatic heterocycles. The minimum absolute atomic E-state index is 0.0275. The normalized spacial score (nSPS) is 15.5. The van der Waals surface area contributed by atoms with Crippen molar-refractivity contribution < 1.29 is 24.1 Å². The fourth-order valence-electron chi connectivity index (χ4n) is 3.88. The number of aromatic hydroxyl groups is 1. The van der Waals surface area contributed by atoms with Gasteiger partial charge in [0.15, 0.2) is 16.3 Å². The lowest BCUT2D eigenvalue weighted by atomic mass is 9.96. The Kier molecular flexibility index (Phi) is 7.13. The van der Waals surface area contributed by atoms with Crippen molar-refractivity contribution in [3.8, 4) is 17.2 Å². The molecule has 2 heterocycles. The van der Waals surface area contributed by atoms with Crippen LogP contribution in [0.5, 0.6) is 17.2 Å². The Labute approximate surface area is 213 Å². The highest BCUT2D eigenvalue weighted by atomic mass is 79.9. The van der Waals surface area contributed by atoms with Gasteiger partial charge in [0.05, 0.1) is 47.1 Å². The fourth-order valence-corrected chi connectivity index (χ4v) is 5.38. The molecule has 0 spiro atoms. The number of phenols is 1. The maximum Gasteiger partial charge on any atom is 0.338 e. The number of halogens is 1. The Morgan fingerprint density at radius 2 is 1.94 bits per heavy atom. The van der Waals surface area contributed by atoms with E-state index in [1.165, 1.54) is 23.0 Å². The topological polar surface area (TPSA) is 99.4 Å². The van der Waals surface area contributed by atoms with Crippen molar-refractivity contribution in [3.05, 3.63) is 83.0 Å². The molecule has 1 aliphatic rings. The summed E-state index contributed by atoms with van der Waals surface area (Å²) in [5, 5.41) is 10.1. The quantitative estimate of drug-likeness (QED) is 0.466. The summed E-state index contributed by atoms with van der Waals surface area (Å²) < 4.78 is 18.2. The lowest BCUT2D eigenvalue weighted by Crippen LogP contribution is -2.39. The predicted molar refractivity (Wildman–Crippen MR) is 136 cm³/mol. The minimum Gasteiger partial charge on any atom is -0.503 e. The summed E-state index contributed by atoms with van der Waals surface area (Å²) in [4.78, 5) is 31.6. The van der Waals surface area contributed by atoms with Gasteiger partial charge in [-0.3, -0.25) is 9.36 Å². The number of aromatic nitrogens is 1. The number of methoxy groups -OCH3 is 2. The molecule has 0 fully saturated rings. The van der Waals surface area contributed by atoms with E-state index in [2.05, 4.69) is 20.9 Å². The minimum atomic E-state index is -0.709. The molecule has 1 N–H and O–H groups in total. The summed E-state index contributed by atoms with van der Waals surface area (Å²) in [7, 11) is 3.02. The zero-order chi connectivity index (χ0) is 25.3. The molecule has 0 saturated carbocycles. The van der Waals surface area contributed by atoms with Crippen LogP contribution in [0.3, 0.4) is 0 Å². The highest BCUT2D eigenvalue weighted by molar-refractivity contribution is 9.10. The van der Waals surface area contributed by atoms with Gasteiger partial charge in [0.25, 0.3) is 5.56 Å². The number of rotatable bonds is 6. The van der Waals surface area contributed by atoms with Crippen LogP contribution in [-0.2, 0) is 9.53 Å². The van der Waals surface area contributed by atoms with Crippen molar-refractivity contribution in [1.82, 2.24) is 4.57 Å². The van der Waals surface area contributed by atoms with Crippen molar-refractivity contribution in [3.63, 3.8) is 0 Å². The predicted octanol–water partition coefficient (Wildman–Crippen LogP) is 3.28. The molecule has 1 atom stereocenters. The molecule has 0 unspecified atom stereocenters. The average Bonchev–Trinajstić information content (AvgIpc) is 3.14. The zero-order valence-corrected chi connectivity index (χ0v) is 21.9. The second kappa shape index (κ2) is 10.1. The fraction of sp³-hybridized carbons (Fsp3) is 0.240. The standard InChI is InChI=1S/C25H23BrN2O6S/c1-5-34-24(31)20-13(2)27-25-28(21(20)15-6-8-16(32-3)9-7-15)23(30)19(35-25)12-14-10-17(26)22(29)18(11-14)33-4/h6-12,21,29H,5H2,1-4H3/t21-/m1/s1. The Hall–Kier alpha value is -3.37. The van der Waals surface area contributed by atoms with Crippen LogP contribution in [0.4, 0.5) is 0 Å². The SMILES string of the molecule is CCOC(=O)C1=C(C)N=c2sc(=Cc3cc(Br)c(O)c(OC)c3)c(=O)n2[C@@H]1c1ccc(OC)cc1. The third-order valence-electron chi connectivity index (χ3n) is 5.52. The van der Waals surface area contributed by atoms with Gasteiger partial charge in [-0.1, -0.05) is 23.5 Å². The highest BCUT2D eigenvalue weighted by Gasteiger charge is 2.33. The number of ether oxygens (including phenoxy) is 3. The average molecular weight is 559 g/mol. The van der Waals surface area contributed by atoms with Crippen molar-refractivity contribution in [2.24, 2.45) is 4.99 Å². The number of esters is 1. The number of phenolic OH excluding ortho intramolecular Hbond substituents is 1. The molecular weight excluding hydrogens is 536 g/mol. The molecule has 35 heavy (non-hydrogen) atoms. The first-order valence-corrected chi connectivity index (χ1v) is 12.3. The van der Waals surface area contributed by atoms with Crippen LogP contribution in [0.2, 0.25) is 0 Å². The van der Waals surface area contributed by atoms with E-state index in [-0.39, 0.29) is 23.7 Å². The summed E-state index contributed by atoms with van der Waals surface area (Å²) in [6.45, 7) is 3.67. The van der Waals surface area contributed by atoms with Crippen LogP contribution in [0, 0.1) is 0 Å². The van der Waals surface area contributed by atoms with Crippen molar-refractivity contribution >= 4 is 39.3 Å². The molecule has 0 radical (unpaired) electrons. The van der Waals surface area contributed by atoms with Crippen molar-refractivity contribution in [2.75, 3.05) is 20.8 Å². The van der Waals surface area contributed by atoms with E-state index in [0.29, 0.717) is 36.4 Å². The third kappa shape index (κ3) is 4.63. The van der Waals surface area contributed by atoms with Crippen LogP contribution in [0.25, 0.3) is 6.08 Å². The monoisotopic (exact) mass is 558 g/mol. The number of thiazole rings is 1. The van der Waals surface area contributed by atoms with E-state index < -0.39 is 12.0 Å². The number of nitrogens with zero attached hydrogens (tertiary/aromatic N) is 2. The van der Waals surface area contributed by atoms with E-state index in [9.17, 15) is 14.7 Å². The lowest BCUT2D eigenvalue weighted by Gasteiger charge is -2.24. The van der Waals surface area contributed by atoms with Crippen molar-refractivity contribution in [1.29, 1.82) is 0 Å². The van der Waals surface area contributed by atoms with E-state index in [0.717, 1.165) is 5.56 Å². The molecular formula is C25H23BrN2O6S. The maximum atomic E-state index is 13.7. The van der Waals surface area contributed by atoms with Gasteiger partial charge < -0.3 is 19.3 Å². The molecule has 0 saturated heterocycles. The second-order valence-corrected chi connectivity index (χ2v) is 9.49. The van der Waals surface area contributed by atoms with Gasteiger partial charge in [-0.25, -0.2) is 9.79 Å². The number of allylic oxidation sites excluding steroid dienone is 1. The van der Waals surface area contributed by atoms with Crippen LogP contribution in [-0.4, -0.2) is 36.5 Å². The molecule has 10 heteroatoms. The Morgan fingerprint density at radius 3 is 2.57 bits per heavy atom. The van der Waals surface area contributed by atoms with E-state index in [1.54, 1.807) is 51.3 Å². The second-order valence-electron chi connectivity index (χ2n) is 7.63. The van der Waals surface area contributed by atoms with E-state index in [1.807, 2.05) is 12.1 Å². The van der Waals surface area contributed by atoms with Crippen molar-refractivity contribution in [2.45, 2.75) is 19.9 Å². The van der Waals surface area contributed by atoms with Gasteiger partial charge in [-0.2, -0.15) is 0 Å². The summed E-state index contributed by atoms with van der Waals surface area (Å²) in [5.74, 6) is 0.387. The van der Waals surface area contributed by atoms with E-state index in [4.69, 9.17) is 14.2 Å². The Balaban J connectivity index is 1.94. The molecule has 8 nitrogen and oxygen atoms in total. The maximum absolute atomic E-state index is 13.7. The molecule has 4 rings (SSSR count). The number of benzene rings is 2. The molecule has 182 valence electrons. The highest BCUT2D eigenvalue weighted by Crippen LogP contribution is 2.35. The van der Waals surface area contributed by atoms with Crippen LogP contribution < -0.4 is 24.4 Å². The Morgan fingerprint density at radius 1 is 1.23 bits per heavy atom. The van der Waals surface area contributed by atoms with Gasteiger partial charge in [0.1, 0.15) is 5.75 Å². The van der Waals surface area contributed by atoms with Gasteiger partial charge in [0, 0.05) is 0 Å². The van der Waals surface area contributed by atoms with Crippen LogP contribution in [0.1, 0.15) is 31.0 Å². The van der Waals surface area contributed by atoms with E-state index >= 15 is 0 Å². The third-order valence-corrected chi connectivity index (χ3v) is 7.10.